The van der Waals surface area contributed by atoms with E-state index in [0.717, 1.165) is 63.5 Å². The van der Waals surface area contributed by atoms with E-state index in [1.54, 1.807) is 0 Å². The molecule has 3 saturated carbocycles. The molecule has 0 bridgehead atoms. The third-order valence-corrected chi connectivity index (χ3v) is 9.84. The number of amides is 3. The summed E-state index contributed by atoms with van der Waals surface area (Å²) in [6, 6.07) is 8.85. The lowest BCUT2D eigenvalue weighted by molar-refractivity contribution is -0.200. The van der Waals surface area contributed by atoms with Crippen LogP contribution in [-0.2, 0) is 20.9 Å². The molecule has 3 aliphatic carbocycles. The molecule has 1 heterocycles. The maximum absolute atomic E-state index is 13.6. The first-order chi connectivity index (χ1) is 17.3. The average Bonchev–Trinajstić information content (AvgIpc) is 3.33. The summed E-state index contributed by atoms with van der Waals surface area (Å²) in [6.45, 7) is 5.11. The van der Waals surface area contributed by atoms with Crippen molar-refractivity contribution in [2.45, 2.75) is 102 Å². The predicted molar refractivity (Wildman–Crippen MR) is 137 cm³/mol. The topological polar surface area (TPSA) is 87.7 Å². The number of nitrogens with zero attached hydrogens (tertiary/aromatic N) is 1. The Labute approximate surface area is 214 Å². The van der Waals surface area contributed by atoms with Gasteiger partial charge in [-0.2, -0.15) is 0 Å². The van der Waals surface area contributed by atoms with Crippen molar-refractivity contribution in [1.82, 2.24) is 15.5 Å². The molecule has 1 aliphatic heterocycles. The summed E-state index contributed by atoms with van der Waals surface area (Å²) in [7, 11) is 0. The molecule has 7 nitrogen and oxygen atoms in total. The third kappa shape index (κ3) is 4.39. The number of urea groups is 1. The lowest BCUT2D eigenvalue weighted by Crippen LogP contribution is -2.79. The first kappa shape index (κ1) is 25.1. The summed E-state index contributed by atoms with van der Waals surface area (Å²) in [6.07, 6.45) is 9.81. The largest absolute Gasteiger partial charge is 0.459 e. The first-order valence-electron chi connectivity index (χ1n) is 13.9. The molecule has 36 heavy (non-hydrogen) atoms. The lowest BCUT2D eigenvalue weighted by Gasteiger charge is -2.67. The van der Waals surface area contributed by atoms with E-state index in [1.807, 2.05) is 35.2 Å². The highest BCUT2D eigenvalue weighted by molar-refractivity contribution is 5.92. The minimum absolute atomic E-state index is 0.0316. The summed E-state index contributed by atoms with van der Waals surface area (Å²) in [5, 5.41) is 6.13. The molecular formula is C29H41N3O4. The van der Waals surface area contributed by atoms with Gasteiger partial charge < -0.3 is 20.3 Å². The number of esters is 1. The Morgan fingerprint density at radius 2 is 1.81 bits per heavy atom. The highest BCUT2D eigenvalue weighted by Gasteiger charge is 2.72. The molecule has 7 heteroatoms. The van der Waals surface area contributed by atoms with E-state index >= 15 is 0 Å². The SMILES string of the molecule is C[C@@H]1CCCN1C(=O)C(NC(=O)NC1(C(=O)OCc2ccccc2)CC2CCC21C)C1CCCCC1. The fraction of sp³-hybridized carbons (Fsp3) is 0.690. The summed E-state index contributed by atoms with van der Waals surface area (Å²) < 4.78 is 5.76. The summed E-state index contributed by atoms with van der Waals surface area (Å²) in [5.74, 6) is 0.222. The molecule has 1 saturated heterocycles. The number of ether oxygens (including phenoxy) is 1. The summed E-state index contributed by atoms with van der Waals surface area (Å²) >= 11 is 0. The number of benzene rings is 1. The molecule has 1 aromatic carbocycles. The Hall–Kier alpha value is -2.57. The van der Waals surface area contributed by atoms with Crippen molar-refractivity contribution in [2.24, 2.45) is 17.3 Å². The van der Waals surface area contributed by atoms with Gasteiger partial charge in [0.2, 0.25) is 5.91 Å². The van der Waals surface area contributed by atoms with Crippen molar-refractivity contribution in [2.75, 3.05) is 6.54 Å². The van der Waals surface area contributed by atoms with Crippen molar-refractivity contribution in [3.8, 4) is 0 Å². The second kappa shape index (κ2) is 10.1. The van der Waals surface area contributed by atoms with Gasteiger partial charge in [0.25, 0.3) is 0 Å². The van der Waals surface area contributed by atoms with Crippen LogP contribution in [0.25, 0.3) is 0 Å². The standard InChI is InChI=1S/C29H41N3O4/c1-20-10-9-17-32(20)25(33)24(22-13-7-4-8-14-22)30-27(35)31-29(18-23-15-16-28(23,29)2)26(34)36-19-21-11-5-3-6-12-21/h3,5-6,11-12,20,22-24H,4,7-10,13-19H2,1-2H3,(H2,30,31,35)/t20-,23?,24?,28?,29?/m1/s1. The van der Waals surface area contributed by atoms with Gasteiger partial charge in [0.05, 0.1) is 0 Å². The molecule has 1 aromatic rings. The number of hydrogen-bond donors (Lipinski definition) is 2. The zero-order valence-corrected chi connectivity index (χ0v) is 21.8. The van der Waals surface area contributed by atoms with Crippen molar-refractivity contribution in [3.05, 3.63) is 35.9 Å². The number of likely N-dealkylation sites (tertiary alicyclic amines) is 1. The smallest absolute Gasteiger partial charge is 0.332 e. The quantitative estimate of drug-likeness (QED) is 0.544. The zero-order valence-electron chi connectivity index (χ0n) is 21.8. The van der Waals surface area contributed by atoms with Crippen molar-refractivity contribution >= 4 is 17.9 Å². The summed E-state index contributed by atoms with van der Waals surface area (Å²) in [4.78, 5) is 42.5. The molecule has 0 radical (unpaired) electrons. The lowest BCUT2D eigenvalue weighted by atomic mass is 9.39. The van der Waals surface area contributed by atoms with E-state index in [2.05, 4.69) is 24.5 Å². The minimum Gasteiger partial charge on any atom is -0.459 e. The maximum atomic E-state index is 13.6. The highest BCUT2D eigenvalue weighted by Crippen LogP contribution is 2.66. The molecule has 4 aliphatic rings. The van der Waals surface area contributed by atoms with Crippen LogP contribution in [0.4, 0.5) is 4.79 Å². The van der Waals surface area contributed by atoms with Crippen LogP contribution in [0.1, 0.15) is 83.6 Å². The number of carbonyl (C=O) groups is 3. The van der Waals surface area contributed by atoms with Crippen LogP contribution in [0.2, 0.25) is 0 Å². The Morgan fingerprint density at radius 3 is 2.39 bits per heavy atom. The monoisotopic (exact) mass is 495 g/mol. The van der Waals surface area contributed by atoms with E-state index in [4.69, 9.17) is 4.74 Å². The normalized spacial score (nSPS) is 32.4. The third-order valence-electron chi connectivity index (χ3n) is 9.84. The zero-order chi connectivity index (χ0) is 25.3. The molecule has 4 unspecified atom stereocenters. The van der Waals surface area contributed by atoms with Crippen molar-refractivity contribution in [3.63, 3.8) is 0 Å². The van der Waals surface area contributed by atoms with Crippen LogP contribution in [0.15, 0.2) is 30.3 Å². The highest BCUT2D eigenvalue weighted by atomic mass is 16.5. The van der Waals surface area contributed by atoms with E-state index in [1.165, 1.54) is 6.42 Å². The molecular weight excluding hydrogens is 454 g/mol. The Balaban J connectivity index is 1.30. The van der Waals surface area contributed by atoms with Crippen LogP contribution in [0.5, 0.6) is 0 Å². The second-order valence-electron chi connectivity index (χ2n) is 11.8. The van der Waals surface area contributed by atoms with Crippen LogP contribution >= 0.6 is 0 Å². The van der Waals surface area contributed by atoms with Crippen molar-refractivity contribution < 1.29 is 19.1 Å². The van der Waals surface area contributed by atoms with E-state index in [0.29, 0.717) is 12.3 Å². The van der Waals surface area contributed by atoms with Gasteiger partial charge in [-0.3, -0.25) is 4.79 Å². The Kier molecular flexibility index (Phi) is 7.01. The van der Waals surface area contributed by atoms with Crippen LogP contribution in [0.3, 0.4) is 0 Å². The Bertz CT molecular complexity index is 978. The van der Waals surface area contributed by atoms with E-state index < -0.39 is 17.6 Å². The predicted octanol–water partition coefficient (Wildman–Crippen LogP) is 4.55. The second-order valence-corrected chi connectivity index (χ2v) is 11.8. The van der Waals surface area contributed by atoms with Gasteiger partial charge in [0, 0.05) is 18.0 Å². The summed E-state index contributed by atoms with van der Waals surface area (Å²) in [5.41, 5.74) is -0.426. The van der Waals surface area contributed by atoms with Gasteiger partial charge in [0.1, 0.15) is 18.2 Å². The first-order valence-corrected chi connectivity index (χ1v) is 13.9. The van der Waals surface area contributed by atoms with Crippen molar-refractivity contribution in [1.29, 1.82) is 0 Å². The van der Waals surface area contributed by atoms with Gasteiger partial charge in [-0.15, -0.1) is 0 Å². The maximum Gasteiger partial charge on any atom is 0.332 e. The van der Waals surface area contributed by atoms with Crippen LogP contribution in [-0.4, -0.2) is 47.0 Å². The molecule has 3 amide bonds. The van der Waals surface area contributed by atoms with Gasteiger partial charge in [0.15, 0.2) is 0 Å². The fourth-order valence-corrected chi connectivity index (χ4v) is 7.21. The molecule has 196 valence electrons. The van der Waals surface area contributed by atoms with Gasteiger partial charge >= 0.3 is 12.0 Å². The van der Waals surface area contributed by atoms with Crippen LogP contribution in [0, 0.1) is 17.3 Å². The van der Waals surface area contributed by atoms with E-state index in [-0.39, 0.29) is 35.9 Å². The Morgan fingerprint density at radius 1 is 1.06 bits per heavy atom. The molecule has 0 aromatic heterocycles. The number of nitrogens with one attached hydrogen (secondary N) is 2. The number of rotatable bonds is 7. The number of fused-ring (bicyclic) bond motifs is 1. The molecule has 5 atom stereocenters. The molecule has 2 N–H and O–H groups in total. The van der Waals surface area contributed by atoms with Gasteiger partial charge in [-0.1, -0.05) is 56.5 Å². The number of carbonyl (C=O) groups excluding carboxylic acids is 3. The van der Waals surface area contributed by atoms with Gasteiger partial charge in [-0.05, 0) is 69.3 Å². The van der Waals surface area contributed by atoms with Crippen LogP contribution < -0.4 is 10.6 Å². The minimum atomic E-state index is -1.05. The molecule has 0 spiro atoms. The molecule has 4 fully saturated rings. The average molecular weight is 496 g/mol. The fourth-order valence-electron chi connectivity index (χ4n) is 7.21. The van der Waals surface area contributed by atoms with Gasteiger partial charge in [-0.25, -0.2) is 9.59 Å². The molecule has 5 rings (SSSR count). The number of hydrogen-bond acceptors (Lipinski definition) is 4. The van der Waals surface area contributed by atoms with E-state index in [9.17, 15) is 14.4 Å².